The molecule has 1 aromatic carbocycles. The molecule has 0 saturated carbocycles. The Morgan fingerprint density at radius 3 is 2.38 bits per heavy atom. The van der Waals surface area contributed by atoms with Gasteiger partial charge in [-0.15, -0.1) is 0 Å². The first kappa shape index (κ1) is 18.3. The van der Waals surface area contributed by atoms with E-state index in [0.717, 1.165) is 30.1 Å². The summed E-state index contributed by atoms with van der Waals surface area (Å²) in [6.45, 7) is 1.19. The maximum absolute atomic E-state index is 12.4. The zero-order valence-corrected chi connectivity index (χ0v) is 12.4. The zero-order valence-electron chi connectivity index (χ0n) is 11.6. The molecule has 7 heteroatoms. The molecule has 0 aliphatic rings. The lowest BCUT2D eigenvalue weighted by Gasteiger charge is -2.13. The number of rotatable bonds is 9. The lowest BCUT2D eigenvalue weighted by Crippen LogP contribution is -2.24. The summed E-state index contributed by atoms with van der Waals surface area (Å²) in [4.78, 5) is 0. The Kier molecular flexibility index (Phi) is 8.10. The van der Waals surface area contributed by atoms with Gasteiger partial charge in [-0.3, -0.25) is 0 Å². The monoisotopic (exact) mass is 323 g/mol. The predicted molar refractivity (Wildman–Crippen MR) is 78.3 cm³/mol. The quantitative estimate of drug-likeness (QED) is 0.611. The van der Waals surface area contributed by atoms with E-state index in [1.54, 1.807) is 11.8 Å². The molecule has 3 N–H and O–H groups in total. The average molecular weight is 323 g/mol. The van der Waals surface area contributed by atoms with Crippen LogP contribution in [0.25, 0.3) is 0 Å². The molecule has 21 heavy (non-hydrogen) atoms. The van der Waals surface area contributed by atoms with Gasteiger partial charge in [0.05, 0.1) is 11.7 Å². The number of hydrogen-bond acceptors (Lipinski definition) is 4. The molecule has 0 heterocycles. The minimum atomic E-state index is -4.35. The van der Waals surface area contributed by atoms with Gasteiger partial charge < -0.3 is 15.5 Å². The highest BCUT2D eigenvalue weighted by Crippen LogP contribution is 2.29. The van der Waals surface area contributed by atoms with Crippen LogP contribution in [0.5, 0.6) is 0 Å². The first-order chi connectivity index (χ1) is 9.95. The van der Waals surface area contributed by atoms with Gasteiger partial charge >= 0.3 is 6.18 Å². The normalized spacial score (nSPS) is 13.4. The highest BCUT2D eigenvalue weighted by Gasteiger charge is 2.30. The van der Waals surface area contributed by atoms with Crippen molar-refractivity contribution in [1.82, 2.24) is 5.32 Å². The number of alkyl halides is 3. The van der Waals surface area contributed by atoms with Crippen molar-refractivity contribution >= 4 is 11.8 Å². The van der Waals surface area contributed by atoms with E-state index in [4.69, 9.17) is 5.11 Å². The van der Waals surface area contributed by atoms with Crippen molar-refractivity contribution in [3.05, 3.63) is 35.4 Å². The minimum absolute atomic E-state index is 0.188. The molecule has 120 valence electrons. The average Bonchev–Trinajstić information content (AvgIpc) is 2.45. The lowest BCUT2D eigenvalue weighted by atomic mass is 10.1. The highest BCUT2D eigenvalue weighted by molar-refractivity contribution is 7.99. The molecule has 0 saturated heterocycles. The standard InChI is InChI=1S/C14H20F3NO2S/c15-14(16,17)12-4-2-11(3-5-12)13(20)10-18-6-9-21-8-1-7-19/h2-5,13,18-20H,1,6-10H2. The summed E-state index contributed by atoms with van der Waals surface area (Å²) >= 11 is 1.70. The fourth-order valence-corrected chi connectivity index (χ4v) is 2.49. The summed E-state index contributed by atoms with van der Waals surface area (Å²) in [5.74, 6) is 1.75. The zero-order chi connectivity index (χ0) is 15.7. The molecule has 0 radical (unpaired) electrons. The maximum atomic E-state index is 12.4. The van der Waals surface area contributed by atoms with Crippen molar-refractivity contribution in [2.75, 3.05) is 31.2 Å². The molecular weight excluding hydrogens is 303 g/mol. The number of hydrogen-bond donors (Lipinski definition) is 3. The van der Waals surface area contributed by atoms with Crippen molar-refractivity contribution in [2.45, 2.75) is 18.7 Å². The van der Waals surface area contributed by atoms with E-state index in [1.807, 2.05) is 0 Å². The van der Waals surface area contributed by atoms with E-state index in [1.165, 1.54) is 12.1 Å². The van der Waals surface area contributed by atoms with Crippen molar-refractivity contribution in [2.24, 2.45) is 0 Å². The SMILES string of the molecule is OCCCSCCNCC(O)c1ccc(C(F)(F)F)cc1. The Balaban J connectivity index is 2.27. The van der Waals surface area contributed by atoms with Gasteiger partial charge in [0.2, 0.25) is 0 Å². The smallest absolute Gasteiger partial charge is 0.396 e. The molecule has 1 aromatic rings. The molecular formula is C14H20F3NO2S. The highest BCUT2D eigenvalue weighted by atomic mass is 32.2. The van der Waals surface area contributed by atoms with E-state index in [9.17, 15) is 18.3 Å². The van der Waals surface area contributed by atoms with Crippen LogP contribution >= 0.6 is 11.8 Å². The Morgan fingerprint density at radius 1 is 1.14 bits per heavy atom. The van der Waals surface area contributed by atoms with Crippen molar-refractivity contribution < 1.29 is 23.4 Å². The van der Waals surface area contributed by atoms with Crippen LogP contribution < -0.4 is 5.32 Å². The van der Waals surface area contributed by atoms with E-state index in [-0.39, 0.29) is 6.61 Å². The van der Waals surface area contributed by atoms with Gasteiger partial charge in [0.1, 0.15) is 0 Å². The summed E-state index contributed by atoms with van der Waals surface area (Å²) < 4.78 is 37.2. The first-order valence-corrected chi connectivity index (χ1v) is 7.85. The number of halogens is 3. The topological polar surface area (TPSA) is 52.5 Å². The van der Waals surface area contributed by atoms with Crippen molar-refractivity contribution in [3.8, 4) is 0 Å². The molecule has 0 amide bonds. The lowest BCUT2D eigenvalue weighted by molar-refractivity contribution is -0.137. The van der Waals surface area contributed by atoms with Crippen LogP contribution in [0, 0.1) is 0 Å². The van der Waals surface area contributed by atoms with Gasteiger partial charge in [0.15, 0.2) is 0 Å². The largest absolute Gasteiger partial charge is 0.416 e. The van der Waals surface area contributed by atoms with Crippen LogP contribution in [0.3, 0.4) is 0 Å². The van der Waals surface area contributed by atoms with Crippen molar-refractivity contribution in [1.29, 1.82) is 0 Å². The van der Waals surface area contributed by atoms with E-state index < -0.39 is 17.8 Å². The summed E-state index contributed by atoms with van der Waals surface area (Å²) in [5, 5.41) is 21.5. The van der Waals surface area contributed by atoms with Crippen LogP contribution in [0.15, 0.2) is 24.3 Å². The van der Waals surface area contributed by atoms with Gasteiger partial charge in [-0.2, -0.15) is 24.9 Å². The van der Waals surface area contributed by atoms with Gasteiger partial charge in [-0.25, -0.2) is 0 Å². The molecule has 3 nitrogen and oxygen atoms in total. The van der Waals surface area contributed by atoms with Crippen LogP contribution in [0.2, 0.25) is 0 Å². The number of nitrogens with one attached hydrogen (secondary N) is 1. The van der Waals surface area contributed by atoms with Crippen LogP contribution in [-0.4, -0.2) is 41.4 Å². The molecule has 1 unspecified atom stereocenters. The number of aliphatic hydroxyl groups excluding tert-OH is 2. The molecule has 0 spiro atoms. The summed E-state index contributed by atoms with van der Waals surface area (Å²) in [6, 6.07) is 4.54. The molecule has 0 aromatic heterocycles. The fraction of sp³-hybridized carbons (Fsp3) is 0.571. The van der Waals surface area contributed by atoms with Gasteiger partial charge in [0, 0.05) is 25.4 Å². The summed E-state index contributed by atoms with van der Waals surface area (Å²) in [7, 11) is 0. The molecule has 0 fully saturated rings. The van der Waals surface area contributed by atoms with Crippen molar-refractivity contribution in [3.63, 3.8) is 0 Å². The Bertz CT molecular complexity index is 398. The number of benzene rings is 1. The van der Waals surface area contributed by atoms with Crippen LogP contribution in [0.4, 0.5) is 13.2 Å². The van der Waals surface area contributed by atoms with Gasteiger partial charge in [0.25, 0.3) is 0 Å². The van der Waals surface area contributed by atoms with E-state index in [0.29, 0.717) is 18.7 Å². The third kappa shape index (κ3) is 7.17. The second-order valence-corrected chi connectivity index (χ2v) is 5.75. The Hall–Kier alpha value is -0.760. The third-order valence-electron chi connectivity index (χ3n) is 2.83. The van der Waals surface area contributed by atoms with E-state index in [2.05, 4.69) is 5.32 Å². The molecule has 0 bridgehead atoms. The predicted octanol–water partition coefficient (Wildman–Crippen LogP) is 2.44. The third-order valence-corrected chi connectivity index (χ3v) is 3.90. The summed E-state index contributed by atoms with van der Waals surface area (Å²) in [5.41, 5.74) is -0.255. The number of thioether (sulfide) groups is 1. The van der Waals surface area contributed by atoms with E-state index >= 15 is 0 Å². The Labute approximate surface area is 126 Å². The first-order valence-electron chi connectivity index (χ1n) is 6.69. The minimum Gasteiger partial charge on any atom is -0.396 e. The fourth-order valence-electron chi connectivity index (χ4n) is 1.66. The van der Waals surface area contributed by atoms with Crippen LogP contribution in [0.1, 0.15) is 23.7 Å². The second kappa shape index (κ2) is 9.30. The maximum Gasteiger partial charge on any atom is 0.416 e. The van der Waals surface area contributed by atoms with Gasteiger partial charge in [-0.05, 0) is 29.9 Å². The molecule has 1 rings (SSSR count). The van der Waals surface area contributed by atoms with Crippen LogP contribution in [-0.2, 0) is 6.18 Å². The Morgan fingerprint density at radius 2 is 1.81 bits per heavy atom. The second-order valence-electron chi connectivity index (χ2n) is 4.53. The summed E-state index contributed by atoms with van der Waals surface area (Å²) in [6.07, 6.45) is -4.42. The molecule has 0 aliphatic carbocycles. The number of aliphatic hydroxyl groups is 2. The van der Waals surface area contributed by atoms with Gasteiger partial charge in [-0.1, -0.05) is 12.1 Å². The molecule has 1 atom stereocenters. The molecule has 0 aliphatic heterocycles.